The Morgan fingerprint density at radius 1 is 1.23 bits per heavy atom. The van der Waals surface area contributed by atoms with E-state index in [4.69, 9.17) is 28.2 Å². The van der Waals surface area contributed by atoms with Crippen molar-refractivity contribution in [2.45, 2.75) is 13.0 Å². The number of thioether (sulfide) groups is 1. The average molecular weight is 458 g/mol. The number of nitrogens with two attached hydrogens (primary N) is 2. The number of hydrogen-bond donors (Lipinski definition) is 4. The van der Waals surface area contributed by atoms with E-state index in [2.05, 4.69) is 5.38 Å². The van der Waals surface area contributed by atoms with Gasteiger partial charge in [-0.05, 0) is 52.2 Å². The van der Waals surface area contributed by atoms with Crippen LogP contribution in [0.4, 0.5) is 0 Å². The second kappa shape index (κ2) is 8.14. The summed E-state index contributed by atoms with van der Waals surface area (Å²) in [5.74, 6) is -0.885. The number of halogens is 1. The monoisotopic (exact) mass is 457 g/mol. The molecule has 0 amide bonds. The molecule has 2 heterocycles. The normalized spacial score (nSPS) is 11.2. The van der Waals surface area contributed by atoms with Gasteiger partial charge in [-0.3, -0.25) is 10.2 Å². The molecule has 6 nitrogen and oxygen atoms in total. The highest BCUT2D eigenvalue weighted by Crippen LogP contribution is 2.31. The van der Waals surface area contributed by atoms with E-state index in [1.807, 2.05) is 47.2 Å². The lowest BCUT2D eigenvalue weighted by Crippen LogP contribution is -2.39. The molecule has 0 fully saturated rings. The molecule has 30 heavy (non-hydrogen) atoms. The van der Waals surface area contributed by atoms with Gasteiger partial charge in [-0.2, -0.15) is 0 Å². The van der Waals surface area contributed by atoms with Crippen molar-refractivity contribution in [1.29, 1.82) is 5.41 Å². The summed E-state index contributed by atoms with van der Waals surface area (Å²) >= 11 is 8.83. The van der Waals surface area contributed by atoms with E-state index < -0.39 is 5.97 Å². The molecule has 0 aliphatic carbocycles. The van der Waals surface area contributed by atoms with E-state index in [1.54, 1.807) is 11.3 Å². The lowest BCUT2D eigenvalue weighted by atomic mass is 10.1. The summed E-state index contributed by atoms with van der Waals surface area (Å²) in [6.07, 6.45) is 1.81. The van der Waals surface area contributed by atoms with E-state index in [0.717, 1.165) is 49.4 Å². The number of benzene rings is 2. The molecule has 0 unspecified atom stereocenters. The molecular formula is C21H18ClN4O2S2+. The second-order valence-electron chi connectivity index (χ2n) is 6.82. The molecule has 0 bridgehead atoms. The molecule has 0 atom stereocenters. The van der Waals surface area contributed by atoms with Gasteiger partial charge in [0.1, 0.15) is 0 Å². The van der Waals surface area contributed by atoms with Crippen molar-refractivity contribution < 1.29 is 15.3 Å². The average Bonchev–Trinajstić information content (AvgIpc) is 3.22. The molecule has 0 spiro atoms. The van der Waals surface area contributed by atoms with Gasteiger partial charge in [0, 0.05) is 45.1 Å². The Hall–Kier alpha value is -2.81. The fourth-order valence-electron chi connectivity index (χ4n) is 3.49. The highest BCUT2D eigenvalue weighted by molar-refractivity contribution is 8.26. The van der Waals surface area contributed by atoms with Crippen LogP contribution in [0, 0.1) is 5.41 Å². The van der Waals surface area contributed by atoms with Crippen LogP contribution in [-0.2, 0) is 17.8 Å². The molecule has 4 aromatic rings. The fraction of sp³-hybridized carbons (Fsp3) is 0.0952. The number of carboxylic acid groups (broad SMARTS) is 1. The number of rotatable bonds is 5. The van der Waals surface area contributed by atoms with E-state index in [9.17, 15) is 9.90 Å². The minimum absolute atomic E-state index is 0.0690. The van der Waals surface area contributed by atoms with Crippen LogP contribution in [0.3, 0.4) is 0 Å². The van der Waals surface area contributed by atoms with Crippen LogP contribution < -0.4 is 11.1 Å². The maximum Gasteiger partial charge on any atom is 0.307 e. The first kappa shape index (κ1) is 20.5. The zero-order chi connectivity index (χ0) is 21.4. The fourth-order valence-corrected chi connectivity index (χ4v) is 5.08. The van der Waals surface area contributed by atoms with Crippen molar-refractivity contribution >= 4 is 71.9 Å². The number of aromatic nitrogens is 1. The number of thiophene rings is 1. The van der Waals surface area contributed by atoms with Gasteiger partial charge >= 0.3 is 5.97 Å². The Labute approximate surface area is 185 Å². The first-order valence-electron chi connectivity index (χ1n) is 8.95. The quantitative estimate of drug-likeness (QED) is 0.271. The summed E-state index contributed by atoms with van der Waals surface area (Å²) in [6, 6.07) is 11.4. The number of nitrogens with one attached hydrogen (secondary N) is 1. The topological polar surface area (TPSA) is 118 Å². The Morgan fingerprint density at radius 3 is 2.77 bits per heavy atom. The molecule has 9 heteroatoms. The Morgan fingerprint density at radius 2 is 2.03 bits per heavy atom. The number of hydrogen-bond acceptors (Lipinski definition) is 4. The van der Waals surface area contributed by atoms with Crippen molar-refractivity contribution in [3.05, 3.63) is 69.7 Å². The lowest BCUT2D eigenvalue weighted by molar-refractivity contribution is -0.136. The van der Waals surface area contributed by atoms with Gasteiger partial charge in [-0.25, -0.2) is 5.41 Å². The van der Waals surface area contributed by atoms with Crippen LogP contribution in [0.25, 0.3) is 21.0 Å². The van der Waals surface area contributed by atoms with E-state index in [1.165, 1.54) is 0 Å². The zero-order valence-electron chi connectivity index (χ0n) is 15.7. The molecule has 0 saturated carbocycles. The summed E-state index contributed by atoms with van der Waals surface area (Å²) in [5.41, 5.74) is 8.91. The smallest absolute Gasteiger partial charge is 0.307 e. The molecule has 0 radical (unpaired) electrons. The van der Waals surface area contributed by atoms with Crippen LogP contribution >= 0.6 is 34.7 Å². The molecule has 0 aliphatic rings. The molecule has 152 valence electrons. The maximum atomic E-state index is 11.4. The molecular weight excluding hydrogens is 440 g/mol. The SMILES string of the molecule is N=C(N)SC(=[NH2+])c1ccc2c(CC(=O)O)cn(Cc3csc4ccc(Cl)cc34)c2c1. The number of carboxylic acids is 1. The summed E-state index contributed by atoms with van der Waals surface area (Å²) in [7, 11) is 0. The van der Waals surface area contributed by atoms with Gasteiger partial charge in [0.25, 0.3) is 0 Å². The van der Waals surface area contributed by atoms with Gasteiger partial charge in [0.05, 0.1) is 12.0 Å². The van der Waals surface area contributed by atoms with Crippen LogP contribution in [0.1, 0.15) is 16.7 Å². The number of amidine groups is 1. The van der Waals surface area contributed by atoms with Gasteiger partial charge in [0.2, 0.25) is 5.04 Å². The first-order chi connectivity index (χ1) is 14.3. The van der Waals surface area contributed by atoms with Crippen LogP contribution in [0.2, 0.25) is 5.02 Å². The lowest BCUT2D eigenvalue weighted by Gasteiger charge is -2.06. The summed E-state index contributed by atoms with van der Waals surface area (Å²) < 4.78 is 3.18. The van der Waals surface area contributed by atoms with Crippen molar-refractivity contribution in [3.8, 4) is 0 Å². The largest absolute Gasteiger partial charge is 0.481 e. The molecule has 6 N–H and O–H groups in total. The van der Waals surface area contributed by atoms with Crippen LogP contribution in [-0.4, -0.2) is 25.9 Å². The highest BCUT2D eigenvalue weighted by Gasteiger charge is 2.17. The predicted molar refractivity (Wildman–Crippen MR) is 125 cm³/mol. The third-order valence-corrected chi connectivity index (χ3v) is 6.69. The van der Waals surface area contributed by atoms with Crippen LogP contribution in [0.5, 0.6) is 0 Å². The number of nitrogens with zero attached hydrogens (tertiary/aromatic N) is 1. The van der Waals surface area contributed by atoms with Gasteiger partial charge in [0.15, 0.2) is 5.17 Å². The molecule has 0 saturated heterocycles. The molecule has 0 aliphatic heterocycles. The number of fused-ring (bicyclic) bond motifs is 2. The maximum absolute atomic E-state index is 11.4. The van der Waals surface area contributed by atoms with Crippen molar-refractivity contribution in [2.75, 3.05) is 0 Å². The van der Waals surface area contributed by atoms with Gasteiger partial charge in [-0.15, -0.1) is 11.3 Å². The van der Waals surface area contributed by atoms with Crippen molar-refractivity contribution in [2.24, 2.45) is 5.73 Å². The number of aliphatic carboxylic acids is 1. The number of carbonyl (C=O) groups is 1. The molecule has 4 rings (SSSR count). The minimum Gasteiger partial charge on any atom is -0.481 e. The second-order valence-corrected chi connectivity index (χ2v) is 9.25. The van der Waals surface area contributed by atoms with Gasteiger partial charge < -0.3 is 15.4 Å². The summed E-state index contributed by atoms with van der Waals surface area (Å²) in [6.45, 7) is 0.569. The minimum atomic E-state index is -0.885. The summed E-state index contributed by atoms with van der Waals surface area (Å²) in [5, 5.41) is 27.9. The van der Waals surface area contributed by atoms with Gasteiger partial charge in [-0.1, -0.05) is 17.7 Å². The van der Waals surface area contributed by atoms with Crippen molar-refractivity contribution in [3.63, 3.8) is 0 Å². The Balaban J connectivity index is 1.81. The van der Waals surface area contributed by atoms with E-state index in [0.29, 0.717) is 16.6 Å². The molecule has 2 aromatic carbocycles. The van der Waals surface area contributed by atoms with Crippen LogP contribution in [0.15, 0.2) is 48.0 Å². The Bertz CT molecular complexity index is 1330. The summed E-state index contributed by atoms with van der Waals surface area (Å²) in [4.78, 5) is 11.4. The molecule has 2 aromatic heterocycles. The zero-order valence-corrected chi connectivity index (χ0v) is 18.1. The predicted octanol–water partition coefficient (Wildman–Crippen LogP) is 3.32. The first-order valence-corrected chi connectivity index (χ1v) is 11.0. The standard InChI is InChI=1S/C21H17ClN4O2S2/c22-14-2-4-18-16(7-14)13(10-29-18)9-26-8-12(6-19(27)28)15-3-1-11(5-17(15)26)20(23)30-21(24)25/h1-5,7-8,10,23H,6,9H2,(H3,24,25)(H,27,28)/p+1. The Kier molecular flexibility index (Phi) is 5.55. The third kappa shape index (κ3) is 4.07. The highest BCUT2D eigenvalue weighted by atomic mass is 35.5. The van der Waals surface area contributed by atoms with E-state index in [-0.39, 0.29) is 11.6 Å². The third-order valence-electron chi connectivity index (χ3n) is 4.77. The van der Waals surface area contributed by atoms with Crippen molar-refractivity contribution in [1.82, 2.24) is 4.57 Å². The van der Waals surface area contributed by atoms with E-state index >= 15 is 0 Å².